The second-order valence-corrected chi connectivity index (χ2v) is 27.1. The maximum Gasteiger partial charge on any atom is 0.407 e. The van der Waals surface area contributed by atoms with Gasteiger partial charge in [-0.2, -0.15) is 0 Å². The molecule has 2 N–H and O–H groups in total. The molecule has 4 aliphatic carbocycles. The molecule has 19 nitrogen and oxygen atoms in total. The van der Waals surface area contributed by atoms with Crippen LogP contribution in [-0.2, 0) is 61.8 Å². The van der Waals surface area contributed by atoms with Crippen LogP contribution in [0.2, 0.25) is 18.1 Å². The number of amides is 1. The van der Waals surface area contributed by atoms with E-state index in [1.807, 2.05) is 45.1 Å². The van der Waals surface area contributed by atoms with Crippen molar-refractivity contribution in [3.8, 4) is 0 Å². The minimum atomic E-state index is -2.17. The fourth-order valence-electron chi connectivity index (χ4n) is 13.4. The van der Waals surface area contributed by atoms with Crippen LogP contribution in [0.25, 0.3) is 0 Å². The number of nitrogens with zero attached hydrogens (tertiary/aromatic N) is 1. The molecule has 2 bridgehead atoms. The minimum absolute atomic E-state index is 0.00129. The van der Waals surface area contributed by atoms with Gasteiger partial charge in [-0.3, -0.25) is 29.1 Å². The molecule has 3 unspecified atom stereocenters. The summed E-state index contributed by atoms with van der Waals surface area (Å²) in [5, 5.41) is 28.5. The number of nitrogens with one attached hydrogen (secondary N) is 1. The normalized spacial score (nSPS) is 42.3. The molecule has 3 aliphatic heterocycles. The molecule has 2 saturated heterocycles. The van der Waals surface area contributed by atoms with E-state index in [0.29, 0.717) is 18.3 Å². The topological polar surface area (TPSA) is 244 Å². The summed E-state index contributed by atoms with van der Waals surface area (Å²) in [5.41, 5.74) is -4.63. The molecule has 20 heteroatoms. The van der Waals surface area contributed by atoms with Crippen LogP contribution in [0.3, 0.4) is 0 Å². The summed E-state index contributed by atoms with van der Waals surface area (Å²) < 4.78 is 49.4. The Bertz CT molecular complexity index is 2420. The fourth-order valence-corrected chi connectivity index (χ4v) is 15.6. The molecular formula is C55H78N2O17Si. The van der Waals surface area contributed by atoms with Crippen molar-refractivity contribution in [2.24, 2.45) is 40.9 Å². The summed E-state index contributed by atoms with van der Waals surface area (Å²) in [6.07, 6.45) is 6.13. The van der Waals surface area contributed by atoms with Crippen LogP contribution < -0.4 is 5.32 Å². The number of hydrogen-bond acceptors (Lipinski definition) is 17. The molecule has 75 heavy (non-hydrogen) atoms. The number of aldehydes is 1. The highest BCUT2D eigenvalue weighted by Crippen LogP contribution is 2.61. The Morgan fingerprint density at radius 2 is 1.64 bits per heavy atom. The number of carbonyl (C=O) groups is 5. The van der Waals surface area contributed by atoms with E-state index in [2.05, 4.69) is 46.0 Å². The van der Waals surface area contributed by atoms with Gasteiger partial charge in [0.2, 0.25) is 19.6 Å². The first kappa shape index (κ1) is 57.9. The van der Waals surface area contributed by atoms with Crippen LogP contribution in [0.5, 0.6) is 0 Å². The van der Waals surface area contributed by atoms with Crippen LogP contribution in [0.4, 0.5) is 4.79 Å². The Hall–Kier alpha value is -4.83. The molecule has 7 aliphatic rings. The van der Waals surface area contributed by atoms with E-state index in [1.165, 1.54) is 19.9 Å². The molecule has 3 fully saturated rings. The van der Waals surface area contributed by atoms with Crippen molar-refractivity contribution in [2.75, 3.05) is 7.11 Å². The summed E-state index contributed by atoms with van der Waals surface area (Å²) in [4.78, 5) is 86.5. The molecule has 1 saturated carbocycles. The summed E-state index contributed by atoms with van der Waals surface area (Å²) in [5.74, 6) is -5.97. The van der Waals surface area contributed by atoms with Crippen molar-refractivity contribution in [1.82, 2.24) is 5.32 Å². The van der Waals surface area contributed by atoms with E-state index in [9.17, 15) is 34.4 Å². The Labute approximate surface area is 441 Å². The number of carbonyl (C=O) groups excluding carboxylic acids is 5. The van der Waals surface area contributed by atoms with Crippen LogP contribution in [-0.4, -0.2) is 122 Å². The van der Waals surface area contributed by atoms with Gasteiger partial charge in [-0.1, -0.05) is 71.4 Å². The summed E-state index contributed by atoms with van der Waals surface area (Å²) in [7, 11) is -0.898. The SMILES string of the molecule is CC[Si](CC)(CC)OO[C@H]1C=CC(O[C@@H]2[C@H]3C=C[C@H]4/C(C)=C/C[C@H](O[C@H]5CC(C)([N+](=O)[O-])C(NC(=O)OC)[C@H](C)O5)/C(C)=C\[C@@H]5[C@@H](OC(C)=O)C=C(C=O)C[C@]56OC(=O)/C(=C(/O)[C@@]4(C)[C@@H]3[C@@H](C)C[C@@H]2C)C6=O)O[C@H]1C. The van der Waals surface area contributed by atoms with Crippen molar-refractivity contribution in [2.45, 2.75) is 193 Å². The van der Waals surface area contributed by atoms with E-state index in [4.69, 9.17) is 42.6 Å². The fraction of sp³-hybridized carbons (Fsp3) is 0.691. The molecule has 414 valence electrons. The lowest BCUT2D eigenvalue weighted by Crippen LogP contribution is -2.65. The van der Waals surface area contributed by atoms with E-state index in [0.717, 1.165) is 30.8 Å². The number of aliphatic hydroxyl groups is 1. The zero-order chi connectivity index (χ0) is 55.1. The number of Topliss-reactive ketones (excluding diaryl/α,β-unsaturated/α-hetero) is 1. The first-order valence-corrected chi connectivity index (χ1v) is 29.1. The van der Waals surface area contributed by atoms with Crippen molar-refractivity contribution in [3.63, 3.8) is 0 Å². The monoisotopic (exact) mass is 1070 g/mol. The number of ether oxygens (including phenoxy) is 7. The summed E-state index contributed by atoms with van der Waals surface area (Å²) in [6, 6.07) is 1.67. The van der Waals surface area contributed by atoms with Gasteiger partial charge in [0, 0.05) is 42.4 Å². The van der Waals surface area contributed by atoms with Crippen LogP contribution >= 0.6 is 0 Å². The van der Waals surface area contributed by atoms with Crippen LogP contribution in [0, 0.1) is 51.0 Å². The number of alkyl carbamates (subject to hydrolysis) is 1. The second-order valence-electron chi connectivity index (χ2n) is 22.4. The molecule has 0 aromatic rings. The average Bonchev–Trinajstić information content (AvgIpc) is 3.61. The number of ketones is 1. The number of hydrogen-bond donors (Lipinski definition) is 2. The van der Waals surface area contributed by atoms with Crippen LogP contribution in [0.15, 0.2) is 70.6 Å². The van der Waals surface area contributed by atoms with Gasteiger partial charge in [0.25, 0.3) is 0 Å². The van der Waals surface area contributed by atoms with Gasteiger partial charge in [-0.05, 0) is 106 Å². The number of allylic oxidation sites excluding steroid dienone is 3. The molecule has 3 heterocycles. The average molecular weight is 1070 g/mol. The second kappa shape index (κ2) is 22.6. The molecule has 0 radical (unpaired) electrons. The lowest BCUT2D eigenvalue weighted by atomic mass is 9.49. The maximum absolute atomic E-state index is 15.6. The number of fused-ring (bicyclic) bond motifs is 4. The summed E-state index contributed by atoms with van der Waals surface area (Å²) >= 11 is 0. The van der Waals surface area contributed by atoms with Gasteiger partial charge in [-0.25, -0.2) is 14.5 Å². The van der Waals surface area contributed by atoms with Gasteiger partial charge in [-0.15, -0.1) is 0 Å². The number of rotatable bonds is 14. The first-order chi connectivity index (χ1) is 35.4. The number of aliphatic hydroxyl groups excluding tert-OH is 1. The van der Waals surface area contributed by atoms with E-state index < -0.39 is 144 Å². The highest BCUT2D eigenvalue weighted by molar-refractivity contribution is 6.73. The van der Waals surface area contributed by atoms with Crippen LogP contribution in [0.1, 0.15) is 109 Å². The minimum Gasteiger partial charge on any atom is -0.511 e. The highest BCUT2D eigenvalue weighted by Gasteiger charge is 2.65. The number of methoxy groups -OCH3 is 1. The zero-order valence-corrected chi connectivity index (χ0v) is 46.7. The molecule has 0 aromatic carbocycles. The quantitative estimate of drug-likeness (QED) is 0.0191. The molecule has 18 atom stereocenters. The predicted octanol–water partition coefficient (Wildman–Crippen LogP) is 8.43. The third kappa shape index (κ3) is 10.8. The van der Waals surface area contributed by atoms with Crippen molar-refractivity contribution in [3.05, 3.63) is 80.7 Å². The Kier molecular flexibility index (Phi) is 17.5. The van der Waals surface area contributed by atoms with E-state index in [-0.39, 0.29) is 36.2 Å². The molecule has 1 amide bonds. The van der Waals surface area contributed by atoms with Crippen molar-refractivity contribution >= 4 is 38.4 Å². The van der Waals surface area contributed by atoms with Gasteiger partial charge < -0.3 is 43.6 Å². The number of nitro groups is 1. The van der Waals surface area contributed by atoms with Gasteiger partial charge in [0.05, 0.1) is 43.9 Å². The maximum atomic E-state index is 15.6. The van der Waals surface area contributed by atoms with E-state index in [1.54, 1.807) is 19.9 Å². The third-order valence-corrected chi connectivity index (χ3v) is 22.1. The summed E-state index contributed by atoms with van der Waals surface area (Å²) in [6.45, 7) is 22.2. The van der Waals surface area contributed by atoms with E-state index >= 15 is 4.79 Å². The standard InChI is InChI=1S/C55H78N2O17Si/c1-14-75(15-2,16-3)74-73-41-21-22-43(67-33(41)8)71-47-32(7)23-31(6)46-37(47)18-19-38-29(4)17-20-40(70-44-27-53(11,57(64)65)48(34(9)68-44)56-52(63)66-13)30(5)24-39-42(69-35(10)59)25-36(28-58)26-55(39)50(61)45(51(62)72-55)49(60)54(38,46)12/h17-19,21-22,24-25,28,31-34,37-44,46-48,60H,14-16,20,23,26-27H2,1-13H3,(H,56,63)/b29-17+,30-24-,49-45+/t31-,32-,33-,34-,37-,38-,39+,40-,41-,42-,43?,44-,46+,47-,48?,53?,54+,55-/m0/s1. The van der Waals surface area contributed by atoms with Crippen molar-refractivity contribution in [1.29, 1.82) is 0 Å². The largest absolute Gasteiger partial charge is 0.511 e. The molecular weight excluding hydrogens is 989 g/mol. The Morgan fingerprint density at radius 1 is 0.947 bits per heavy atom. The first-order valence-electron chi connectivity index (χ1n) is 26.6. The van der Waals surface area contributed by atoms with Gasteiger partial charge in [0.1, 0.15) is 35.9 Å². The molecule has 0 aromatic heterocycles. The van der Waals surface area contributed by atoms with Gasteiger partial charge >= 0.3 is 18.0 Å². The lowest BCUT2D eigenvalue weighted by molar-refractivity contribution is -0.584. The predicted molar refractivity (Wildman–Crippen MR) is 274 cm³/mol. The van der Waals surface area contributed by atoms with Crippen molar-refractivity contribution < 1.29 is 76.6 Å². The number of esters is 2. The lowest BCUT2D eigenvalue weighted by Gasteiger charge is -2.56. The Balaban J connectivity index is 1.32. The molecule has 1 spiro atoms. The third-order valence-electron chi connectivity index (χ3n) is 17.8. The zero-order valence-electron chi connectivity index (χ0n) is 45.7. The highest BCUT2D eigenvalue weighted by atomic mass is 28.4. The Morgan fingerprint density at radius 3 is 2.25 bits per heavy atom. The van der Waals surface area contributed by atoms with Gasteiger partial charge in [0.15, 0.2) is 18.2 Å². The molecule has 7 rings (SSSR count). The smallest absolute Gasteiger partial charge is 0.407 e.